The molecule has 0 aromatic heterocycles. The third-order valence-corrected chi connectivity index (χ3v) is 5.53. The van der Waals surface area contributed by atoms with Crippen LogP contribution in [-0.4, -0.2) is 58.1 Å². The van der Waals surface area contributed by atoms with Crippen molar-refractivity contribution in [2.24, 2.45) is 0 Å². The van der Waals surface area contributed by atoms with Crippen molar-refractivity contribution in [2.45, 2.75) is 37.8 Å². The predicted molar refractivity (Wildman–Crippen MR) is 99.1 cm³/mol. The van der Waals surface area contributed by atoms with Crippen molar-refractivity contribution in [2.75, 3.05) is 26.7 Å². The molecule has 2 N–H and O–H groups in total. The lowest BCUT2D eigenvalue weighted by Gasteiger charge is -2.34. The number of rotatable bonds is 5. The highest BCUT2D eigenvalue weighted by molar-refractivity contribution is 7.89. The van der Waals surface area contributed by atoms with E-state index in [0.717, 1.165) is 13.1 Å². The van der Waals surface area contributed by atoms with Crippen LogP contribution in [0.1, 0.15) is 31.1 Å². The van der Waals surface area contributed by atoms with Crippen molar-refractivity contribution < 1.29 is 17.9 Å². The molecule has 1 fully saturated rings. The van der Waals surface area contributed by atoms with Crippen LogP contribution in [0, 0.1) is 0 Å². The number of piperazine rings is 1. The Labute approximate surface area is 155 Å². The molecule has 0 spiro atoms. The van der Waals surface area contributed by atoms with E-state index in [4.69, 9.17) is 4.74 Å². The van der Waals surface area contributed by atoms with Gasteiger partial charge in [-0.25, -0.2) is 13.1 Å². The lowest BCUT2D eigenvalue weighted by Crippen LogP contribution is -2.52. The Morgan fingerprint density at radius 3 is 2.64 bits per heavy atom. The highest BCUT2D eigenvalue weighted by atomic mass is 35.5. The van der Waals surface area contributed by atoms with Crippen LogP contribution in [-0.2, 0) is 10.0 Å². The third kappa shape index (κ3) is 5.07. The quantitative estimate of drug-likeness (QED) is 0.788. The zero-order valence-corrected chi connectivity index (χ0v) is 16.5. The molecular weight excluding hydrogens is 366 g/mol. The van der Waals surface area contributed by atoms with Gasteiger partial charge < -0.3 is 15.0 Å². The molecule has 142 valence electrons. The van der Waals surface area contributed by atoms with Crippen molar-refractivity contribution in [3.63, 3.8) is 0 Å². The largest absolute Gasteiger partial charge is 0.495 e. The summed E-state index contributed by atoms with van der Waals surface area (Å²) in [7, 11) is -2.35. The van der Waals surface area contributed by atoms with Gasteiger partial charge in [0, 0.05) is 37.3 Å². The average Bonchev–Trinajstić information content (AvgIpc) is 2.53. The topological polar surface area (TPSA) is 87.7 Å². The Balaban J connectivity index is 0.00000312. The van der Waals surface area contributed by atoms with E-state index in [1.165, 1.54) is 19.2 Å². The molecule has 1 heterocycles. The van der Waals surface area contributed by atoms with Crippen molar-refractivity contribution in [1.82, 2.24) is 14.9 Å². The molecule has 1 saturated heterocycles. The van der Waals surface area contributed by atoms with Crippen LogP contribution >= 0.6 is 12.4 Å². The summed E-state index contributed by atoms with van der Waals surface area (Å²) in [4.78, 5) is 14.5. The molecule has 1 aromatic rings. The molecule has 7 nitrogen and oxygen atoms in total. The molecule has 1 aromatic carbocycles. The second-order valence-corrected chi connectivity index (χ2v) is 7.88. The number of ether oxygens (including phenoxy) is 1. The fourth-order valence-corrected chi connectivity index (χ4v) is 4.15. The van der Waals surface area contributed by atoms with E-state index in [1.54, 1.807) is 24.8 Å². The lowest BCUT2D eigenvalue weighted by atomic mass is 10.1. The first kappa shape index (κ1) is 21.7. The summed E-state index contributed by atoms with van der Waals surface area (Å²) in [5.74, 6) is 0.0423. The summed E-state index contributed by atoms with van der Waals surface area (Å²) in [6.45, 7) is 7.49. The third-order valence-electron chi connectivity index (χ3n) is 3.85. The normalized spacial score (nSPS) is 18.0. The summed E-state index contributed by atoms with van der Waals surface area (Å²) in [5, 5.41) is 3.23. The van der Waals surface area contributed by atoms with Gasteiger partial charge in [0.1, 0.15) is 10.6 Å². The highest BCUT2D eigenvalue weighted by Crippen LogP contribution is 2.26. The highest BCUT2D eigenvalue weighted by Gasteiger charge is 2.27. The number of carbonyl (C=O) groups excluding carboxylic acids is 1. The number of nitrogens with zero attached hydrogens (tertiary/aromatic N) is 1. The first-order valence-corrected chi connectivity index (χ1v) is 9.46. The molecule has 0 radical (unpaired) electrons. The van der Waals surface area contributed by atoms with Crippen molar-refractivity contribution >= 4 is 28.3 Å². The van der Waals surface area contributed by atoms with Crippen molar-refractivity contribution in [3.05, 3.63) is 23.8 Å². The maximum atomic E-state index is 12.8. The number of nitrogens with one attached hydrogen (secondary N) is 2. The van der Waals surface area contributed by atoms with E-state index in [9.17, 15) is 13.2 Å². The molecule has 1 amide bonds. The van der Waals surface area contributed by atoms with Gasteiger partial charge in [-0.05, 0) is 39.0 Å². The standard InChI is InChI=1S/C16H25N3O4S.ClH/c1-11(2)18-24(21,22)15-9-13(5-6-14(15)23-4)16(20)19-8-7-17-10-12(19)3;/h5-6,9,11-12,17-18H,7-8,10H2,1-4H3;1H/t12-;/m0./s1. The second kappa shape index (κ2) is 8.84. The number of carbonyl (C=O) groups is 1. The van der Waals surface area contributed by atoms with Gasteiger partial charge in [0.25, 0.3) is 5.91 Å². The van der Waals surface area contributed by atoms with Gasteiger partial charge >= 0.3 is 0 Å². The first-order chi connectivity index (χ1) is 11.3. The zero-order chi connectivity index (χ0) is 17.9. The van der Waals surface area contributed by atoms with Crippen LogP contribution in [0.25, 0.3) is 0 Å². The monoisotopic (exact) mass is 391 g/mol. The van der Waals surface area contributed by atoms with E-state index in [-0.39, 0.29) is 41.0 Å². The van der Waals surface area contributed by atoms with Gasteiger partial charge in [-0.15, -0.1) is 12.4 Å². The molecule has 1 aliphatic heterocycles. The van der Waals surface area contributed by atoms with Gasteiger partial charge in [0.05, 0.1) is 7.11 Å². The summed E-state index contributed by atoms with van der Waals surface area (Å²) < 4.78 is 32.7. The van der Waals surface area contributed by atoms with Gasteiger partial charge in [-0.3, -0.25) is 4.79 Å². The van der Waals surface area contributed by atoms with E-state index in [0.29, 0.717) is 12.1 Å². The molecule has 0 aliphatic carbocycles. The molecule has 0 bridgehead atoms. The van der Waals surface area contributed by atoms with Crippen LogP contribution in [0.3, 0.4) is 0 Å². The molecular formula is C16H26ClN3O4S. The number of halogens is 1. The predicted octanol–water partition coefficient (Wildman–Crippen LogP) is 1.24. The van der Waals surface area contributed by atoms with Crippen molar-refractivity contribution in [1.29, 1.82) is 0 Å². The SMILES string of the molecule is COc1ccc(C(=O)N2CCNC[C@@H]2C)cc1S(=O)(=O)NC(C)C.Cl. The number of hydrogen-bond donors (Lipinski definition) is 2. The number of hydrogen-bond acceptors (Lipinski definition) is 5. The average molecular weight is 392 g/mol. The Kier molecular flexibility index (Phi) is 7.67. The van der Waals surface area contributed by atoms with Crippen LogP contribution in [0.2, 0.25) is 0 Å². The minimum absolute atomic E-state index is 0. The zero-order valence-electron chi connectivity index (χ0n) is 14.9. The Morgan fingerprint density at radius 1 is 1.40 bits per heavy atom. The number of benzene rings is 1. The molecule has 0 saturated carbocycles. The van der Waals surface area contributed by atoms with E-state index >= 15 is 0 Å². The van der Waals surface area contributed by atoms with E-state index < -0.39 is 10.0 Å². The number of sulfonamides is 1. The number of methoxy groups -OCH3 is 1. The number of amides is 1. The van der Waals surface area contributed by atoms with Gasteiger partial charge in [-0.2, -0.15) is 0 Å². The smallest absolute Gasteiger partial charge is 0.254 e. The summed E-state index contributed by atoms with van der Waals surface area (Å²) in [6.07, 6.45) is 0. The minimum Gasteiger partial charge on any atom is -0.495 e. The van der Waals surface area contributed by atoms with Crippen molar-refractivity contribution in [3.8, 4) is 5.75 Å². The lowest BCUT2D eigenvalue weighted by molar-refractivity contribution is 0.0655. The Hall–Kier alpha value is -1.35. The Bertz CT molecular complexity index is 709. The molecule has 9 heteroatoms. The first-order valence-electron chi connectivity index (χ1n) is 7.98. The molecule has 2 rings (SSSR count). The summed E-state index contributed by atoms with van der Waals surface area (Å²) in [6, 6.07) is 4.31. The maximum absolute atomic E-state index is 12.8. The Morgan fingerprint density at radius 2 is 2.08 bits per heavy atom. The van der Waals surface area contributed by atoms with Crippen LogP contribution < -0.4 is 14.8 Å². The van der Waals surface area contributed by atoms with Gasteiger partial charge in [0.2, 0.25) is 10.0 Å². The van der Waals surface area contributed by atoms with Crippen LogP contribution in [0.4, 0.5) is 0 Å². The van der Waals surface area contributed by atoms with E-state index in [2.05, 4.69) is 10.0 Å². The van der Waals surface area contributed by atoms with Crippen LogP contribution in [0.5, 0.6) is 5.75 Å². The van der Waals surface area contributed by atoms with E-state index in [1.807, 2.05) is 6.92 Å². The second-order valence-electron chi connectivity index (χ2n) is 6.19. The summed E-state index contributed by atoms with van der Waals surface area (Å²) >= 11 is 0. The molecule has 1 aliphatic rings. The van der Waals surface area contributed by atoms with Gasteiger partial charge in [0.15, 0.2) is 0 Å². The summed E-state index contributed by atoms with van der Waals surface area (Å²) in [5.41, 5.74) is 0.341. The molecule has 1 atom stereocenters. The van der Waals surface area contributed by atoms with Crippen LogP contribution in [0.15, 0.2) is 23.1 Å². The van der Waals surface area contributed by atoms with Gasteiger partial charge in [-0.1, -0.05) is 0 Å². The molecule has 0 unspecified atom stereocenters. The fourth-order valence-electron chi connectivity index (χ4n) is 2.70. The molecule has 25 heavy (non-hydrogen) atoms. The minimum atomic E-state index is -3.76. The fraction of sp³-hybridized carbons (Fsp3) is 0.562. The maximum Gasteiger partial charge on any atom is 0.254 e.